The van der Waals surface area contributed by atoms with Gasteiger partial charge in [0, 0.05) is 6.54 Å². The van der Waals surface area contributed by atoms with Crippen LogP contribution >= 0.6 is 0 Å². The predicted octanol–water partition coefficient (Wildman–Crippen LogP) is -0.0263. The first-order chi connectivity index (χ1) is 5.38. The van der Waals surface area contributed by atoms with Crippen LogP contribution in [0.15, 0.2) is 6.20 Å². The summed E-state index contributed by atoms with van der Waals surface area (Å²) in [7, 11) is 0. The minimum absolute atomic E-state index is 0.630. The van der Waals surface area contributed by atoms with E-state index >= 15 is 0 Å². The minimum Gasteiger partial charge on any atom is -0.306 e. The van der Waals surface area contributed by atoms with E-state index in [1.165, 1.54) is 12.8 Å². The molecule has 0 radical (unpaired) electrons. The zero-order chi connectivity index (χ0) is 7.68. The van der Waals surface area contributed by atoms with Crippen LogP contribution < -0.4 is 11.3 Å². The van der Waals surface area contributed by atoms with Crippen molar-refractivity contribution in [3.63, 3.8) is 0 Å². The van der Waals surface area contributed by atoms with E-state index in [-0.39, 0.29) is 0 Å². The molecule has 1 heterocycles. The van der Waals surface area contributed by atoms with Gasteiger partial charge in [-0.25, -0.2) is 5.84 Å². The lowest BCUT2D eigenvalue weighted by Crippen LogP contribution is -2.06. The highest BCUT2D eigenvalue weighted by molar-refractivity contribution is 5.26. The molecule has 0 aliphatic heterocycles. The maximum atomic E-state index is 5.14. The lowest BCUT2D eigenvalue weighted by Gasteiger charge is -1.93. The fraction of sp³-hybridized carbons (Fsp3) is 0.667. The van der Waals surface area contributed by atoms with Crippen molar-refractivity contribution in [2.24, 2.45) is 11.8 Å². The Morgan fingerprint density at radius 2 is 2.55 bits per heavy atom. The topological polar surface area (TPSA) is 68.8 Å². The Bertz CT molecular complexity index is 239. The molecule has 1 saturated carbocycles. The van der Waals surface area contributed by atoms with Crippen molar-refractivity contribution in [1.82, 2.24) is 15.0 Å². The number of nitrogen functional groups attached to an aromatic ring is 1. The molecule has 1 fully saturated rings. The molecule has 0 spiro atoms. The average molecular weight is 153 g/mol. The highest BCUT2D eigenvalue weighted by Crippen LogP contribution is 2.30. The molecular weight excluding hydrogens is 142 g/mol. The average Bonchev–Trinajstić information content (AvgIpc) is 2.68. The number of nitrogens with one attached hydrogen (secondary N) is 1. The molecule has 0 unspecified atom stereocenters. The van der Waals surface area contributed by atoms with Gasteiger partial charge in [-0.05, 0) is 18.8 Å². The second kappa shape index (κ2) is 2.50. The van der Waals surface area contributed by atoms with Crippen LogP contribution in [0, 0.1) is 5.92 Å². The molecule has 1 aromatic rings. The summed E-state index contributed by atoms with van der Waals surface area (Å²) in [6.07, 6.45) is 4.47. The van der Waals surface area contributed by atoms with Gasteiger partial charge in [0.05, 0.1) is 6.20 Å². The summed E-state index contributed by atoms with van der Waals surface area (Å²) < 4.78 is 1.83. The van der Waals surface area contributed by atoms with Crippen LogP contribution in [-0.4, -0.2) is 15.0 Å². The standard InChI is InChI=1S/C6H11N5/c7-8-6-4-11(10-9-6)3-5-1-2-5/h4-5,8H,1-3,7H2. The highest BCUT2D eigenvalue weighted by atomic mass is 15.5. The van der Waals surface area contributed by atoms with Crippen molar-refractivity contribution >= 4 is 5.82 Å². The second-order valence-corrected chi connectivity index (χ2v) is 2.91. The van der Waals surface area contributed by atoms with Gasteiger partial charge in [-0.3, -0.25) is 4.68 Å². The van der Waals surface area contributed by atoms with E-state index in [9.17, 15) is 0 Å². The van der Waals surface area contributed by atoms with E-state index < -0.39 is 0 Å². The molecule has 1 aliphatic carbocycles. The normalized spacial score (nSPS) is 16.8. The maximum Gasteiger partial charge on any atom is 0.182 e. The summed E-state index contributed by atoms with van der Waals surface area (Å²) in [6, 6.07) is 0. The maximum absolute atomic E-state index is 5.14. The lowest BCUT2D eigenvalue weighted by molar-refractivity contribution is 0.544. The summed E-state index contributed by atoms with van der Waals surface area (Å²) in [6.45, 7) is 0.981. The number of hydrazine groups is 1. The van der Waals surface area contributed by atoms with Gasteiger partial charge in [-0.1, -0.05) is 5.21 Å². The first kappa shape index (κ1) is 6.60. The summed E-state index contributed by atoms with van der Waals surface area (Å²) >= 11 is 0. The van der Waals surface area contributed by atoms with Gasteiger partial charge >= 0.3 is 0 Å². The van der Waals surface area contributed by atoms with E-state index in [2.05, 4.69) is 15.7 Å². The van der Waals surface area contributed by atoms with Gasteiger partial charge in [-0.2, -0.15) is 0 Å². The molecule has 5 heteroatoms. The SMILES string of the molecule is NNc1cn(CC2CC2)nn1. The van der Waals surface area contributed by atoms with Gasteiger partial charge in [0.15, 0.2) is 5.82 Å². The number of hydrogen-bond donors (Lipinski definition) is 2. The summed E-state index contributed by atoms with van der Waals surface area (Å²) in [5.74, 6) is 6.60. The monoisotopic (exact) mass is 153 g/mol. The molecule has 0 saturated heterocycles. The molecular formula is C6H11N5. The minimum atomic E-state index is 0.630. The van der Waals surface area contributed by atoms with Crippen molar-refractivity contribution < 1.29 is 0 Å². The Hall–Kier alpha value is -1.10. The third kappa shape index (κ3) is 1.48. The Morgan fingerprint density at radius 3 is 3.09 bits per heavy atom. The van der Waals surface area contributed by atoms with Crippen LogP contribution in [0.2, 0.25) is 0 Å². The molecule has 0 amide bonds. The van der Waals surface area contributed by atoms with E-state index in [1.807, 2.05) is 10.9 Å². The highest BCUT2D eigenvalue weighted by Gasteiger charge is 2.22. The van der Waals surface area contributed by atoms with Crippen LogP contribution in [0.1, 0.15) is 12.8 Å². The third-order valence-corrected chi connectivity index (χ3v) is 1.83. The Balaban J connectivity index is 1.99. The van der Waals surface area contributed by atoms with Crippen LogP contribution in [0.4, 0.5) is 5.82 Å². The quantitative estimate of drug-likeness (QED) is 0.472. The van der Waals surface area contributed by atoms with Crippen molar-refractivity contribution in [3.8, 4) is 0 Å². The fourth-order valence-electron chi connectivity index (χ4n) is 1.02. The Morgan fingerprint density at radius 1 is 1.73 bits per heavy atom. The molecule has 1 aliphatic rings. The van der Waals surface area contributed by atoms with Gasteiger partial charge in [0.1, 0.15) is 0 Å². The number of nitrogens with two attached hydrogens (primary N) is 1. The van der Waals surface area contributed by atoms with E-state index in [0.29, 0.717) is 5.82 Å². The van der Waals surface area contributed by atoms with Crippen molar-refractivity contribution in [2.75, 3.05) is 5.43 Å². The Labute approximate surface area is 64.5 Å². The number of hydrogen-bond acceptors (Lipinski definition) is 4. The van der Waals surface area contributed by atoms with Crippen molar-refractivity contribution in [1.29, 1.82) is 0 Å². The second-order valence-electron chi connectivity index (χ2n) is 2.91. The van der Waals surface area contributed by atoms with Gasteiger partial charge in [-0.15, -0.1) is 5.10 Å². The number of rotatable bonds is 3. The van der Waals surface area contributed by atoms with Gasteiger partial charge in [0.25, 0.3) is 0 Å². The lowest BCUT2D eigenvalue weighted by atomic mass is 10.4. The number of aromatic nitrogens is 3. The molecule has 11 heavy (non-hydrogen) atoms. The van der Waals surface area contributed by atoms with Gasteiger partial charge < -0.3 is 5.43 Å². The first-order valence-corrected chi connectivity index (χ1v) is 3.75. The molecule has 0 bridgehead atoms. The molecule has 0 atom stereocenters. The molecule has 2 rings (SSSR count). The van der Waals surface area contributed by atoms with E-state index in [4.69, 9.17) is 5.84 Å². The Kier molecular flexibility index (Phi) is 1.50. The smallest absolute Gasteiger partial charge is 0.182 e. The molecule has 1 aromatic heterocycles. The molecule has 3 N–H and O–H groups in total. The van der Waals surface area contributed by atoms with Crippen LogP contribution in [0.5, 0.6) is 0 Å². The van der Waals surface area contributed by atoms with Crippen LogP contribution in [0.25, 0.3) is 0 Å². The summed E-state index contributed by atoms with van der Waals surface area (Å²) in [5, 5.41) is 7.68. The number of nitrogens with zero attached hydrogens (tertiary/aromatic N) is 3. The summed E-state index contributed by atoms with van der Waals surface area (Å²) in [4.78, 5) is 0. The zero-order valence-corrected chi connectivity index (χ0v) is 6.20. The number of anilines is 1. The third-order valence-electron chi connectivity index (χ3n) is 1.83. The van der Waals surface area contributed by atoms with Crippen molar-refractivity contribution in [3.05, 3.63) is 6.20 Å². The molecule has 0 aromatic carbocycles. The molecule has 5 nitrogen and oxygen atoms in total. The van der Waals surface area contributed by atoms with E-state index in [0.717, 1.165) is 12.5 Å². The largest absolute Gasteiger partial charge is 0.306 e. The zero-order valence-electron chi connectivity index (χ0n) is 6.20. The predicted molar refractivity (Wildman–Crippen MR) is 40.6 cm³/mol. The van der Waals surface area contributed by atoms with Gasteiger partial charge in [0.2, 0.25) is 0 Å². The fourth-order valence-corrected chi connectivity index (χ4v) is 1.02. The van der Waals surface area contributed by atoms with Crippen LogP contribution in [-0.2, 0) is 6.54 Å². The first-order valence-electron chi connectivity index (χ1n) is 3.75. The summed E-state index contributed by atoms with van der Waals surface area (Å²) in [5.41, 5.74) is 2.45. The van der Waals surface area contributed by atoms with Crippen molar-refractivity contribution in [2.45, 2.75) is 19.4 Å². The molecule has 60 valence electrons. The van der Waals surface area contributed by atoms with Crippen LogP contribution in [0.3, 0.4) is 0 Å². The van der Waals surface area contributed by atoms with E-state index in [1.54, 1.807) is 0 Å².